The predicted molar refractivity (Wildman–Crippen MR) is 75.3 cm³/mol. The minimum Gasteiger partial charge on any atom is -0.351 e. The standard InChI is InChI=1S/C13H15ClN4O/c14-12-10-6-9(16-13(15)19)4-5-11(10)18(17-12)7-8-2-1-3-8/h4-6,8H,1-3,7H2,(H3,15,16,19). The Morgan fingerprint density at radius 3 is 2.95 bits per heavy atom. The zero-order valence-corrected chi connectivity index (χ0v) is 11.2. The SMILES string of the molecule is NC(=O)Nc1ccc2c(c1)c(Cl)nn2CC1CCC1. The molecule has 1 fully saturated rings. The molecule has 0 unspecified atom stereocenters. The van der Waals surface area contributed by atoms with Gasteiger partial charge in [-0.15, -0.1) is 0 Å². The number of hydrogen-bond acceptors (Lipinski definition) is 2. The number of urea groups is 1. The molecule has 100 valence electrons. The minimum absolute atomic E-state index is 0.461. The molecular weight excluding hydrogens is 264 g/mol. The van der Waals surface area contributed by atoms with Crippen LogP contribution < -0.4 is 11.1 Å². The van der Waals surface area contributed by atoms with Crippen molar-refractivity contribution in [1.29, 1.82) is 0 Å². The fourth-order valence-electron chi connectivity index (χ4n) is 2.42. The highest BCUT2D eigenvalue weighted by Gasteiger charge is 2.20. The molecule has 0 spiro atoms. The first-order valence-corrected chi connectivity index (χ1v) is 6.74. The van der Waals surface area contributed by atoms with Crippen molar-refractivity contribution in [3.8, 4) is 0 Å². The maximum Gasteiger partial charge on any atom is 0.316 e. The number of carbonyl (C=O) groups is 1. The van der Waals surface area contributed by atoms with E-state index in [-0.39, 0.29) is 0 Å². The first kappa shape index (κ1) is 12.3. The number of nitrogens with two attached hydrogens (primary N) is 1. The van der Waals surface area contributed by atoms with Crippen LogP contribution in [0.3, 0.4) is 0 Å². The lowest BCUT2D eigenvalue weighted by atomic mass is 9.85. The third kappa shape index (κ3) is 2.38. The number of amides is 2. The van der Waals surface area contributed by atoms with E-state index in [1.807, 2.05) is 16.8 Å². The molecule has 3 rings (SSSR count). The quantitative estimate of drug-likeness (QED) is 0.906. The molecule has 1 heterocycles. The Balaban J connectivity index is 1.94. The minimum atomic E-state index is -0.586. The number of benzene rings is 1. The summed E-state index contributed by atoms with van der Waals surface area (Å²) in [5, 5.41) is 8.21. The number of nitrogens with one attached hydrogen (secondary N) is 1. The van der Waals surface area contributed by atoms with Crippen LogP contribution in [0, 0.1) is 5.92 Å². The number of fused-ring (bicyclic) bond motifs is 1. The smallest absolute Gasteiger partial charge is 0.316 e. The Morgan fingerprint density at radius 1 is 1.53 bits per heavy atom. The summed E-state index contributed by atoms with van der Waals surface area (Å²) in [5.74, 6) is 0.711. The van der Waals surface area contributed by atoms with Crippen molar-refractivity contribution in [3.63, 3.8) is 0 Å². The first-order chi connectivity index (χ1) is 9.13. The molecule has 1 aliphatic carbocycles. The normalized spacial score (nSPS) is 15.4. The van der Waals surface area contributed by atoms with E-state index >= 15 is 0 Å². The Kier molecular flexibility index (Phi) is 3.06. The summed E-state index contributed by atoms with van der Waals surface area (Å²) < 4.78 is 1.95. The van der Waals surface area contributed by atoms with E-state index in [2.05, 4.69) is 10.4 Å². The molecule has 1 aromatic carbocycles. The fourth-order valence-corrected chi connectivity index (χ4v) is 2.66. The monoisotopic (exact) mass is 278 g/mol. The number of carbonyl (C=O) groups excluding carboxylic acids is 1. The van der Waals surface area contributed by atoms with Crippen LogP contribution in [0.5, 0.6) is 0 Å². The van der Waals surface area contributed by atoms with Gasteiger partial charge in [-0.05, 0) is 37.0 Å². The van der Waals surface area contributed by atoms with E-state index < -0.39 is 6.03 Å². The van der Waals surface area contributed by atoms with E-state index in [9.17, 15) is 4.79 Å². The van der Waals surface area contributed by atoms with Crippen LogP contribution in [0.2, 0.25) is 5.15 Å². The number of primary amides is 1. The summed E-state index contributed by atoms with van der Waals surface area (Å²) in [6.07, 6.45) is 3.84. The van der Waals surface area contributed by atoms with Gasteiger partial charge in [0.15, 0.2) is 5.15 Å². The molecule has 0 saturated heterocycles. The van der Waals surface area contributed by atoms with Crippen molar-refractivity contribution in [2.75, 3.05) is 5.32 Å². The molecule has 2 amide bonds. The number of halogens is 1. The van der Waals surface area contributed by atoms with Gasteiger partial charge in [-0.1, -0.05) is 18.0 Å². The van der Waals surface area contributed by atoms with Crippen LogP contribution in [0.25, 0.3) is 10.9 Å². The summed E-state index contributed by atoms with van der Waals surface area (Å²) >= 11 is 6.16. The van der Waals surface area contributed by atoms with Gasteiger partial charge in [0, 0.05) is 17.6 Å². The molecule has 1 aromatic heterocycles. The van der Waals surface area contributed by atoms with Gasteiger partial charge >= 0.3 is 6.03 Å². The van der Waals surface area contributed by atoms with Gasteiger partial charge in [-0.2, -0.15) is 5.10 Å². The number of rotatable bonds is 3. The number of nitrogens with zero attached hydrogens (tertiary/aromatic N) is 2. The Bertz CT molecular complexity index is 633. The molecule has 2 aromatic rings. The van der Waals surface area contributed by atoms with E-state index in [0.717, 1.165) is 17.4 Å². The molecule has 1 saturated carbocycles. The van der Waals surface area contributed by atoms with Crippen LogP contribution in [0.15, 0.2) is 18.2 Å². The maximum atomic E-state index is 10.8. The molecule has 19 heavy (non-hydrogen) atoms. The van der Waals surface area contributed by atoms with E-state index in [1.54, 1.807) is 6.07 Å². The van der Waals surface area contributed by atoms with Crippen LogP contribution in [-0.2, 0) is 6.54 Å². The molecule has 0 bridgehead atoms. The molecule has 6 heteroatoms. The Morgan fingerprint density at radius 2 is 2.32 bits per heavy atom. The van der Waals surface area contributed by atoms with E-state index in [1.165, 1.54) is 19.3 Å². The highest BCUT2D eigenvalue weighted by atomic mass is 35.5. The van der Waals surface area contributed by atoms with Crippen molar-refractivity contribution in [2.45, 2.75) is 25.8 Å². The fraction of sp³-hybridized carbons (Fsp3) is 0.385. The zero-order valence-electron chi connectivity index (χ0n) is 10.4. The van der Waals surface area contributed by atoms with Crippen molar-refractivity contribution in [2.24, 2.45) is 11.7 Å². The molecule has 0 atom stereocenters. The summed E-state index contributed by atoms with van der Waals surface area (Å²) in [5.41, 5.74) is 6.72. The Labute approximate surface area is 115 Å². The van der Waals surface area contributed by atoms with Gasteiger partial charge < -0.3 is 11.1 Å². The summed E-state index contributed by atoms with van der Waals surface area (Å²) in [7, 11) is 0. The summed E-state index contributed by atoms with van der Waals surface area (Å²) in [6, 6.07) is 4.94. The lowest BCUT2D eigenvalue weighted by Crippen LogP contribution is -2.19. The van der Waals surface area contributed by atoms with Crippen molar-refractivity contribution < 1.29 is 4.79 Å². The van der Waals surface area contributed by atoms with E-state index in [0.29, 0.717) is 16.8 Å². The average Bonchev–Trinajstić information content (AvgIpc) is 2.60. The summed E-state index contributed by atoms with van der Waals surface area (Å²) in [4.78, 5) is 10.8. The molecule has 0 aliphatic heterocycles. The Hall–Kier alpha value is -1.75. The largest absolute Gasteiger partial charge is 0.351 e. The first-order valence-electron chi connectivity index (χ1n) is 6.36. The van der Waals surface area contributed by atoms with Crippen LogP contribution in [-0.4, -0.2) is 15.8 Å². The molecule has 1 aliphatic rings. The van der Waals surface area contributed by atoms with Gasteiger partial charge in [0.25, 0.3) is 0 Å². The maximum absolute atomic E-state index is 10.8. The van der Waals surface area contributed by atoms with Gasteiger partial charge in [-0.3, -0.25) is 4.68 Å². The number of hydrogen-bond donors (Lipinski definition) is 2. The number of anilines is 1. The lowest BCUT2D eigenvalue weighted by Gasteiger charge is -2.25. The van der Waals surface area contributed by atoms with E-state index in [4.69, 9.17) is 17.3 Å². The molecule has 0 radical (unpaired) electrons. The van der Waals surface area contributed by atoms with Crippen molar-refractivity contribution in [1.82, 2.24) is 9.78 Å². The highest BCUT2D eigenvalue weighted by Crippen LogP contribution is 2.31. The highest BCUT2D eigenvalue weighted by molar-refractivity contribution is 6.34. The van der Waals surface area contributed by atoms with Gasteiger partial charge in [0.2, 0.25) is 0 Å². The number of aromatic nitrogens is 2. The van der Waals surface area contributed by atoms with Crippen molar-refractivity contribution in [3.05, 3.63) is 23.4 Å². The van der Waals surface area contributed by atoms with Crippen LogP contribution in [0.1, 0.15) is 19.3 Å². The third-order valence-corrected chi connectivity index (χ3v) is 3.91. The van der Waals surface area contributed by atoms with Crippen LogP contribution in [0.4, 0.5) is 10.5 Å². The van der Waals surface area contributed by atoms with Gasteiger partial charge in [0.1, 0.15) is 0 Å². The van der Waals surface area contributed by atoms with Crippen molar-refractivity contribution >= 4 is 34.2 Å². The second kappa shape index (κ2) is 4.74. The van der Waals surface area contributed by atoms with Gasteiger partial charge in [-0.25, -0.2) is 4.79 Å². The lowest BCUT2D eigenvalue weighted by molar-refractivity contribution is 0.259. The summed E-state index contributed by atoms with van der Waals surface area (Å²) in [6.45, 7) is 0.909. The second-order valence-corrected chi connectivity index (χ2v) is 5.35. The molecule has 3 N–H and O–H groups in total. The average molecular weight is 279 g/mol. The zero-order chi connectivity index (χ0) is 13.4. The third-order valence-electron chi connectivity index (χ3n) is 3.63. The van der Waals surface area contributed by atoms with Crippen LogP contribution >= 0.6 is 11.6 Å². The molecule has 5 nitrogen and oxygen atoms in total. The van der Waals surface area contributed by atoms with Gasteiger partial charge in [0.05, 0.1) is 5.52 Å². The molecular formula is C13H15ClN4O. The second-order valence-electron chi connectivity index (χ2n) is 4.99. The topological polar surface area (TPSA) is 72.9 Å². The predicted octanol–water partition coefficient (Wildman–Crippen LogP) is 2.98.